The first-order valence-electron chi connectivity index (χ1n) is 9.41. The quantitative estimate of drug-likeness (QED) is 0.354. The van der Waals surface area contributed by atoms with Crippen molar-refractivity contribution < 1.29 is 0 Å². The van der Waals surface area contributed by atoms with Gasteiger partial charge in [0, 0.05) is 39.6 Å². The molecule has 150 valence electrons. The van der Waals surface area contributed by atoms with E-state index in [0.29, 0.717) is 5.92 Å². The maximum Gasteiger partial charge on any atom is 0.194 e. The number of aliphatic imine (C=N–C) groups is 1. The predicted octanol–water partition coefficient (Wildman–Crippen LogP) is 3.50. The minimum Gasteiger partial charge on any atom is -0.354 e. The molecule has 6 nitrogen and oxygen atoms in total. The minimum absolute atomic E-state index is 0. The number of aromatic nitrogens is 3. The average Bonchev–Trinajstić information content (AvgIpc) is 3.07. The highest BCUT2D eigenvalue weighted by molar-refractivity contribution is 14.0. The molecule has 0 saturated heterocycles. The van der Waals surface area contributed by atoms with Gasteiger partial charge in [0.1, 0.15) is 12.2 Å². The van der Waals surface area contributed by atoms with Crippen molar-refractivity contribution in [1.29, 1.82) is 0 Å². The number of guanidine groups is 1. The molecule has 27 heavy (non-hydrogen) atoms. The molecule has 0 radical (unpaired) electrons. The van der Waals surface area contributed by atoms with Crippen LogP contribution in [-0.2, 0) is 19.5 Å². The highest BCUT2D eigenvalue weighted by Gasteiger charge is 2.09. The fourth-order valence-electron chi connectivity index (χ4n) is 2.73. The molecule has 2 aromatic rings. The van der Waals surface area contributed by atoms with Crippen molar-refractivity contribution in [3.63, 3.8) is 0 Å². The number of benzene rings is 1. The van der Waals surface area contributed by atoms with Gasteiger partial charge in [-0.05, 0) is 24.0 Å². The largest absolute Gasteiger partial charge is 0.354 e. The number of hydrogen-bond donors (Lipinski definition) is 1. The van der Waals surface area contributed by atoms with Crippen molar-refractivity contribution in [1.82, 2.24) is 25.0 Å². The van der Waals surface area contributed by atoms with E-state index in [0.717, 1.165) is 44.4 Å². The number of aryl methyl sites for hydroxylation is 2. The second kappa shape index (κ2) is 11.9. The summed E-state index contributed by atoms with van der Waals surface area (Å²) in [6.07, 6.45) is 2.68. The molecule has 1 N–H and O–H groups in total. The van der Waals surface area contributed by atoms with Crippen LogP contribution >= 0.6 is 24.0 Å². The molecule has 0 spiro atoms. The molecule has 0 aliphatic heterocycles. The first kappa shape index (κ1) is 23.4. The number of hydrogen-bond acceptors (Lipinski definition) is 3. The monoisotopic (exact) mass is 484 g/mol. The van der Waals surface area contributed by atoms with E-state index in [2.05, 4.69) is 84.0 Å². The van der Waals surface area contributed by atoms with Crippen LogP contribution in [0.3, 0.4) is 0 Å². The molecule has 0 bridgehead atoms. The second-order valence-electron chi connectivity index (χ2n) is 7.06. The van der Waals surface area contributed by atoms with Gasteiger partial charge in [0.05, 0.1) is 0 Å². The highest BCUT2D eigenvalue weighted by Crippen LogP contribution is 2.10. The van der Waals surface area contributed by atoms with Gasteiger partial charge in [0.15, 0.2) is 5.96 Å². The molecule has 7 heteroatoms. The van der Waals surface area contributed by atoms with Gasteiger partial charge in [-0.3, -0.25) is 4.99 Å². The van der Waals surface area contributed by atoms with E-state index in [1.807, 2.05) is 0 Å². The normalized spacial score (nSPS) is 11.4. The topological polar surface area (TPSA) is 58.3 Å². The van der Waals surface area contributed by atoms with E-state index < -0.39 is 0 Å². The van der Waals surface area contributed by atoms with Crippen molar-refractivity contribution >= 4 is 29.9 Å². The van der Waals surface area contributed by atoms with Crippen molar-refractivity contribution in [2.24, 2.45) is 10.9 Å². The lowest BCUT2D eigenvalue weighted by Crippen LogP contribution is -2.40. The second-order valence-corrected chi connectivity index (χ2v) is 7.06. The molecule has 2 rings (SSSR count). The Labute approximate surface area is 180 Å². The Morgan fingerprint density at radius 1 is 1.30 bits per heavy atom. The Kier molecular flexibility index (Phi) is 10.4. The molecular formula is C20H33IN6. The summed E-state index contributed by atoms with van der Waals surface area (Å²) in [6, 6.07) is 8.50. The van der Waals surface area contributed by atoms with E-state index >= 15 is 0 Å². The van der Waals surface area contributed by atoms with E-state index in [1.165, 1.54) is 11.1 Å². The van der Waals surface area contributed by atoms with Crippen molar-refractivity contribution in [2.75, 3.05) is 20.1 Å². The van der Waals surface area contributed by atoms with Crippen LogP contribution in [0, 0.1) is 12.8 Å². The Hall–Kier alpha value is -1.64. The molecule has 0 fully saturated rings. The predicted molar refractivity (Wildman–Crippen MR) is 123 cm³/mol. The lowest BCUT2D eigenvalue weighted by atomic mass is 10.1. The van der Waals surface area contributed by atoms with Crippen LogP contribution in [-0.4, -0.2) is 45.8 Å². The van der Waals surface area contributed by atoms with E-state index in [1.54, 1.807) is 6.33 Å². The van der Waals surface area contributed by atoms with Crippen molar-refractivity contribution in [3.8, 4) is 0 Å². The maximum atomic E-state index is 4.80. The molecule has 0 unspecified atom stereocenters. The summed E-state index contributed by atoms with van der Waals surface area (Å²) in [5.74, 6) is 2.48. The summed E-state index contributed by atoms with van der Waals surface area (Å²) < 4.78 is 2.09. The third kappa shape index (κ3) is 7.48. The van der Waals surface area contributed by atoms with Crippen LogP contribution in [0.15, 0.2) is 35.6 Å². The van der Waals surface area contributed by atoms with Gasteiger partial charge in [0.2, 0.25) is 0 Å². The Morgan fingerprint density at radius 2 is 2.04 bits per heavy atom. The molecule has 1 aromatic carbocycles. The Morgan fingerprint density at radius 3 is 2.70 bits per heavy atom. The zero-order valence-electron chi connectivity index (χ0n) is 17.1. The molecule has 0 aliphatic rings. The van der Waals surface area contributed by atoms with Gasteiger partial charge in [0.25, 0.3) is 0 Å². The summed E-state index contributed by atoms with van der Waals surface area (Å²) in [5, 5.41) is 11.6. The fourth-order valence-corrected chi connectivity index (χ4v) is 2.73. The highest BCUT2D eigenvalue weighted by atomic mass is 127. The SMILES string of the molecule is CCc1nncn1CCNC(=NCC(C)C)N(C)Cc1ccccc1C.I. The number of nitrogens with one attached hydrogen (secondary N) is 1. The van der Waals surface area contributed by atoms with Crippen LogP contribution in [0.2, 0.25) is 0 Å². The number of halogens is 1. The first-order valence-corrected chi connectivity index (χ1v) is 9.41. The molecule has 0 amide bonds. The van der Waals surface area contributed by atoms with Crippen molar-refractivity contribution in [2.45, 2.75) is 47.2 Å². The molecule has 0 saturated carbocycles. The van der Waals surface area contributed by atoms with Crippen molar-refractivity contribution in [3.05, 3.63) is 47.5 Å². The smallest absolute Gasteiger partial charge is 0.194 e. The van der Waals surface area contributed by atoms with Gasteiger partial charge in [-0.15, -0.1) is 34.2 Å². The van der Waals surface area contributed by atoms with Crippen LogP contribution in [0.5, 0.6) is 0 Å². The van der Waals surface area contributed by atoms with Gasteiger partial charge < -0.3 is 14.8 Å². The third-order valence-corrected chi connectivity index (χ3v) is 4.28. The van der Waals surface area contributed by atoms with Gasteiger partial charge in [-0.25, -0.2) is 0 Å². The maximum absolute atomic E-state index is 4.80. The summed E-state index contributed by atoms with van der Waals surface area (Å²) >= 11 is 0. The molecule has 0 atom stereocenters. The lowest BCUT2D eigenvalue weighted by molar-refractivity contribution is 0.466. The van der Waals surface area contributed by atoms with E-state index in [4.69, 9.17) is 4.99 Å². The molecule has 1 heterocycles. The first-order chi connectivity index (χ1) is 12.5. The zero-order valence-corrected chi connectivity index (χ0v) is 19.5. The zero-order chi connectivity index (χ0) is 18.9. The van der Waals surface area contributed by atoms with Crippen LogP contribution in [0.1, 0.15) is 37.7 Å². The summed E-state index contributed by atoms with van der Waals surface area (Å²) in [7, 11) is 2.09. The standard InChI is InChI=1S/C20H32N6.HI/c1-6-19-24-23-15-26(19)12-11-21-20(22-13-16(2)3)25(5)14-18-10-8-7-9-17(18)4;/h7-10,15-16H,6,11-14H2,1-5H3,(H,21,22);1H. The summed E-state index contributed by atoms with van der Waals surface area (Å²) in [6.45, 7) is 11.9. The summed E-state index contributed by atoms with van der Waals surface area (Å²) in [5.41, 5.74) is 2.63. The number of nitrogens with zero attached hydrogens (tertiary/aromatic N) is 5. The molecular weight excluding hydrogens is 451 g/mol. The third-order valence-electron chi connectivity index (χ3n) is 4.28. The van der Waals surface area contributed by atoms with Gasteiger partial charge >= 0.3 is 0 Å². The number of rotatable bonds is 8. The van der Waals surface area contributed by atoms with Gasteiger partial charge in [-0.2, -0.15) is 0 Å². The van der Waals surface area contributed by atoms with E-state index in [9.17, 15) is 0 Å². The molecule has 0 aliphatic carbocycles. The van der Waals surface area contributed by atoms with Crippen LogP contribution in [0.4, 0.5) is 0 Å². The van der Waals surface area contributed by atoms with Gasteiger partial charge in [-0.1, -0.05) is 45.0 Å². The summed E-state index contributed by atoms with van der Waals surface area (Å²) in [4.78, 5) is 6.99. The van der Waals surface area contributed by atoms with Crippen LogP contribution in [0.25, 0.3) is 0 Å². The van der Waals surface area contributed by atoms with E-state index in [-0.39, 0.29) is 24.0 Å². The average molecular weight is 484 g/mol. The van der Waals surface area contributed by atoms with Crippen LogP contribution < -0.4 is 5.32 Å². The Balaban J connectivity index is 0.00000364. The minimum atomic E-state index is 0. The lowest BCUT2D eigenvalue weighted by Gasteiger charge is -2.24. The molecule has 1 aromatic heterocycles. The Bertz CT molecular complexity index is 710. The fraction of sp³-hybridized carbons (Fsp3) is 0.550.